The summed E-state index contributed by atoms with van der Waals surface area (Å²) in [5.74, 6) is 2.14. The minimum absolute atomic E-state index is 0.611. The van der Waals surface area contributed by atoms with E-state index < -0.39 is 0 Å². The minimum atomic E-state index is 0.611. The quantitative estimate of drug-likeness (QED) is 0.251. The average molecular weight is 336 g/mol. The van der Waals surface area contributed by atoms with E-state index in [2.05, 4.69) is 49.2 Å². The zero-order valence-electron chi connectivity index (χ0n) is 17.0. The molecule has 140 valence electrons. The molecule has 0 atom stereocenters. The molecule has 0 saturated heterocycles. The molecule has 1 aromatic rings. The van der Waals surface area contributed by atoms with Crippen LogP contribution in [0.1, 0.15) is 116 Å². The van der Waals surface area contributed by atoms with Gasteiger partial charge in [-0.05, 0) is 25.7 Å². The summed E-state index contributed by atoms with van der Waals surface area (Å²) in [4.78, 5) is 0. The minimum Gasteiger partial charge on any atom is -0.234 e. The topological polar surface area (TPSA) is 8.81 Å². The van der Waals surface area contributed by atoms with E-state index in [1.54, 1.807) is 0 Å². The summed E-state index contributed by atoms with van der Waals surface area (Å²) < 4.78 is 5.03. The first-order chi connectivity index (χ1) is 11.7. The Morgan fingerprint density at radius 1 is 0.792 bits per heavy atom. The first kappa shape index (κ1) is 21.3. The molecule has 0 aliphatic carbocycles. The fourth-order valence-corrected chi connectivity index (χ4v) is 3.65. The van der Waals surface area contributed by atoms with Crippen LogP contribution in [0.25, 0.3) is 0 Å². The predicted molar refractivity (Wildman–Crippen MR) is 105 cm³/mol. The average Bonchev–Trinajstić information content (AvgIpc) is 2.97. The van der Waals surface area contributed by atoms with Gasteiger partial charge in [-0.2, -0.15) is 0 Å². The zero-order chi connectivity index (χ0) is 17.6. The molecule has 24 heavy (non-hydrogen) atoms. The molecule has 0 amide bonds. The third-order valence-corrected chi connectivity index (χ3v) is 5.04. The predicted octanol–water partition coefficient (Wildman–Crippen LogP) is 6.62. The second kappa shape index (κ2) is 13.5. The Balaban J connectivity index is 2.35. The SMILES string of the molecule is CCCCCCCCCn1cc[n+](CCCCCCC)c1C(C)C. The van der Waals surface area contributed by atoms with Gasteiger partial charge >= 0.3 is 0 Å². The summed E-state index contributed by atoms with van der Waals surface area (Å²) in [6.07, 6.45) is 21.2. The largest absolute Gasteiger partial charge is 0.258 e. The van der Waals surface area contributed by atoms with Gasteiger partial charge in [0.2, 0.25) is 0 Å². The maximum atomic E-state index is 2.52. The van der Waals surface area contributed by atoms with Gasteiger partial charge in [0.05, 0.1) is 19.0 Å². The standard InChI is InChI=1S/C22H43N2/c1-5-7-9-11-12-14-16-18-24-20-19-23(22(24)21(3)4)17-15-13-10-8-6-2/h19-21H,5-18H2,1-4H3/q+1. The highest BCUT2D eigenvalue weighted by Gasteiger charge is 2.19. The van der Waals surface area contributed by atoms with Crippen molar-refractivity contribution >= 4 is 0 Å². The number of aromatic nitrogens is 2. The van der Waals surface area contributed by atoms with Crippen molar-refractivity contribution in [2.45, 2.75) is 124 Å². The molecule has 0 unspecified atom stereocenters. The smallest absolute Gasteiger partial charge is 0.234 e. The van der Waals surface area contributed by atoms with Crippen LogP contribution in [0.3, 0.4) is 0 Å². The van der Waals surface area contributed by atoms with Crippen LogP contribution in [0.5, 0.6) is 0 Å². The van der Waals surface area contributed by atoms with Gasteiger partial charge in [0, 0.05) is 0 Å². The molecule has 0 bridgehead atoms. The van der Waals surface area contributed by atoms with E-state index in [0.29, 0.717) is 5.92 Å². The number of aryl methyl sites for hydroxylation is 2. The van der Waals surface area contributed by atoms with Crippen molar-refractivity contribution in [3.05, 3.63) is 18.2 Å². The Labute approximate surface area is 151 Å². The molecule has 0 N–H and O–H groups in total. The van der Waals surface area contributed by atoms with E-state index in [4.69, 9.17) is 0 Å². The highest BCUT2D eigenvalue weighted by atomic mass is 15.1. The van der Waals surface area contributed by atoms with Crippen molar-refractivity contribution in [2.24, 2.45) is 0 Å². The van der Waals surface area contributed by atoms with Gasteiger partial charge in [0.1, 0.15) is 12.4 Å². The van der Waals surface area contributed by atoms with Crippen LogP contribution in [-0.2, 0) is 13.1 Å². The van der Waals surface area contributed by atoms with Gasteiger partial charge in [-0.25, -0.2) is 9.13 Å². The highest BCUT2D eigenvalue weighted by Crippen LogP contribution is 2.14. The molecular weight excluding hydrogens is 292 g/mol. The van der Waals surface area contributed by atoms with E-state index in [1.807, 2.05) is 0 Å². The summed E-state index contributed by atoms with van der Waals surface area (Å²) in [5.41, 5.74) is 0. The van der Waals surface area contributed by atoms with Crippen molar-refractivity contribution in [2.75, 3.05) is 0 Å². The van der Waals surface area contributed by atoms with Gasteiger partial charge in [0.15, 0.2) is 0 Å². The lowest BCUT2D eigenvalue weighted by Crippen LogP contribution is -2.38. The van der Waals surface area contributed by atoms with Crippen LogP contribution >= 0.6 is 0 Å². The second-order valence-corrected chi connectivity index (χ2v) is 7.73. The molecule has 2 heteroatoms. The van der Waals surface area contributed by atoms with Gasteiger partial charge in [-0.3, -0.25) is 0 Å². The fraction of sp³-hybridized carbons (Fsp3) is 0.864. The maximum Gasteiger partial charge on any atom is 0.258 e. The number of nitrogens with zero attached hydrogens (tertiary/aromatic N) is 2. The summed E-state index contributed by atoms with van der Waals surface area (Å²) in [6.45, 7) is 11.6. The van der Waals surface area contributed by atoms with Crippen molar-refractivity contribution in [3.8, 4) is 0 Å². The molecule has 2 nitrogen and oxygen atoms in total. The number of imidazole rings is 1. The summed E-state index contributed by atoms with van der Waals surface area (Å²) >= 11 is 0. The molecule has 1 heterocycles. The Morgan fingerprint density at radius 2 is 1.33 bits per heavy atom. The third kappa shape index (κ3) is 8.35. The van der Waals surface area contributed by atoms with Crippen LogP contribution in [0.4, 0.5) is 0 Å². The van der Waals surface area contributed by atoms with Crippen LogP contribution < -0.4 is 4.57 Å². The Bertz CT molecular complexity index is 406. The van der Waals surface area contributed by atoms with Gasteiger partial charge in [0.25, 0.3) is 5.82 Å². The lowest BCUT2D eigenvalue weighted by molar-refractivity contribution is -0.705. The second-order valence-electron chi connectivity index (χ2n) is 7.73. The lowest BCUT2D eigenvalue weighted by atomic mass is 10.1. The van der Waals surface area contributed by atoms with Gasteiger partial charge < -0.3 is 0 Å². The number of rotatable bonds is 15. The summed E-state index contributed by atoms with van der Waals surface area (Å²) in [7, 11) is 0. The molecule has 0 aliphatic rings. The zero-order valence-corrected chi connectivity index (χ0v) is 17.0. The third-order valence-electron chi connectivity index (χ3n) is 5.04. The number of hydrogen-bond acceptors (Lipinski definition) is 0. The van der Waals surface area contributed by atoms with E-state index in [-0.39, 0.29) is 0 Å². The van der Waals surface area contributed by atoms with Crippen molar-refractivity contribution in [1.29, 1.82) is 0 Å². The molecule has 0 saturated carbocycles. The van der Waals surface area contributed by atoms with E-state index >= 15 is 0 Å². The monoisotopic (exact) mass is 335 g/mol. The first-order valence-corrected chi connectivity index (χ1v) is 10.8. The Kier molecular flexibility index (Phi) is 12.0. The molecular formula is C22H43N2+. The molecule has 1 rings (SSSR count). The highest BCUT2D eigenvalue weighted by molar-refractivity contribution is 4.89. The van der Waals surface area contributed by atoms with Gasteiger partial charge in [-0.1, -0.05) is 79.1 Å². The van der Waals surface area contributed by atoms with Crippen molar-refractivity contribution in [3.63, 3.8) is 0 Å². The summed E-state index contributed by atoms with van der Waals surface area (Å²) in [6, 6.07) is 0. The normalized spacial score (nSPS) is 11.5. The number of unbranched alkanes of at least 4 members (excludes halogenated alkanes) is 10. The van der Waals surface area contributed by atoms with Crippen LogP contribution in [-0.4, -0.2) is 4.57 Å². The van der Waals surface area contributed by atoms with E-state index in [9.17, 15) is 0 Å². The van der Waals surface area contributed by atoms with Crippen LogP contribution in [0.2, 0.25) is 0 Å². The molecule has 0 radical (unpaired) electrons. The Hall–Kier alpha value is -0.790. The maximum absolute atomic E-state index is 2.52. The lowest BCUT2D eigenvalue weighted by Gasteiger charge is -2.08. The number of hydrogen-bond donors (Lipinski definition) is 0. The van der Waals surface area contributed by atoms with Crippen molar-refractivity contribution < 1.29 is 4.57 Å². The fourth-order valence-electron chi connectivity index (χ4n) is 3.65. The van der Waals surface area contributed by atoms with Crippen LogP contribution in [0.15, 0.2) is 12.4 Å². The molecule has 0 aromatic carbocycles. The Morgan fingerprint density at radius 3 is 1.92 bits per heavy atom. The van der Waals surface area contributed by atoms with Gasteiger partial charge in [-0.15, -0.1) is 0 Å². The van der Waals surface area contributed by atoms with E-state index in [1.165, 1.54) is 96.0 Å². The first-order valence-electron chi connectivity index (χ1n) is 10.8. The molecule has 0 fully saturated rings. The molecule has 1 aromatic heterocycles. The van der Waals surface area contributed by atoms with Crippen molar-refractivity contribution in [1.82, 2.24) is 4.57 Å². The molecule has 0 spiro atoms. The van der Waals surface area contributed by atoms with E-state index in [0.717, 1.165) is 0 Å². The summed E-state index contributed by atoms with van der Waals surface area (Å²) in [5, 5.41) is 0. The molecule has 0 aliphatic heterocycles. The van der Waals surface area contributed by atoms with Crippen LogP contribution in [0, 0.1) is 0 Å².